The summed E-state index contributed by atoms with van der Waals surface area (Å²) in [6.07, 6.45) is 4.28. The highest BCUT2D eigenvalue weighted by molar-refractivity contribution is 5.92. The van der Waals surface area contributed by atoms with Crippen LogP contribution in [0.3, 0.4) is 0 Å². The summed E-state index contributed by atoms with van der Waals surface area (Å²) in [5.74, 6) is -2.64. The van der Waals surface area contributed by atoms with Crippen LogP contribution in [0.2, 0.25) is 0 Å². The summed E-state index contributed by atoms with van der Waals surface area (Å²) in [6, 6.07) is 0. The molecule has 0 aromatic carbocycles. The lowest BCUT2D eigenvalue weighted by molar-refractivity contribution is -0.164. The zero-order chi connectivity index (χ0) is 18.4. The standard InChI is InChI=1S/C11H22N2O2.C4H4O4/c1-6-7-8-9(2)10(12-3)11(14)13(4)15-5;5-3(6)1-2-4(7)8/h12H,6-8H2,1-5H3;1-2H,(H,5,6)(H,7,8)/b;2-1-. The summed E-state index contributed by atoms with van der Waals surface area (Å²) in [6.45, 7) is 4.11. The highest BCUT2D eigenvalue weighted by atomic mass is 16.7. The third kappa shape index (κ3) is 11.9. The molecule has 0 aromatic heterocycles. The number of unbranched alkanes of at least 4 members (excludes halogenated alkanes) is 1. The minimum Gasteiger partial charge on any atom is -0.478 e. The van der Waals surface area contributed by atoms with Gasteiger partial charge in [0.05, 0.1) is 7.11 Å². The van der Waals surface area contributed by atoms with Gasteiger partial charge in [0, 0.05) is 26.2 Å². The van der Waals surface area contributed by atoms with Gasteiger partial charge in [0.2, 0.25) is 0 Å². The van der Waals surface area contributed by atoms with Crippen molar-refractivity contribution in [2.75, 3.05) is 21.2 Å². The average Bonchev–Trinajstić information content (AvgIpc) is 2.51. The third-order valence-corrected chi connectivity index (χ3v) is 2.72. The Labute approximate surface area is 136 Å². The highest BCUT2D eigenvalue weighted by Crippen LogP contribution is 2.11. The van der Waals surface area contributed by atoms with E-state index < -0.39 is 11.9 Å². The number of carbonyl (C=O) groups excluding carboxylic acids is 1. The van der Waals surface area contributed by atoms with Gasteiger partial charge < -0.3 is 15.5 Å². The van der Waals surface area contributed by atoms with E-state index >= 15 is 0 Å². The van der Waals surface area contributed by atoms with E-state index in [1.165, 1.54) is 12.2 Å². The number of rotatable bonds is 8. The lowest BCUT2D eigenvalue weighted by Gasteiger charge is -2.17. The van der Waals surface area contributed by atoms with Gasteiger partial charge in [-0.2, -0.15) is 0 Å². The molecule has 132 valence electrons. The molecule has 0 atom stereocenters. The number of carboxylic acids is 2. The number of carboxylic acid groups (broad SMARTS) is 2. The number of hydrogen-bond donors (Lipinski definition) is 3. The lowest BCUT2D eigenvalue weighted by Crippen LogP contribution is -2.32. The summed E-state index contributed by atoms with van der Waals surface area (Å²) in [5.41, 5.74) is 1.71. The summed E-state index contributed by atoms with van der Waals surface area (Å²) >= 11 is 0. The van der Waals surface area contributed by atoms with Crippen LogP contribution in [0, 0.1) is 0 Å². The molecule has 0 bridgehead atoms. The lowest BCUT2D eigenvalue weighted by atomic mass is 10.1. The van der Waals surface area contributed by atoms with E-state index in [1.54, 1.807) is 14.1 Å². The molecule has 0 saturated carbocycles. The fraction of sp³-hybridized carbons (Fsp3) is 0.533. The predicted molar refractivity (Wildman–Crippen MR) is 85.5 cm³/mol. The van der Waals surface area contributed by atoms with Crippen LogP contribution >= 0.6 is 0 Å². The summed E-state index contributed by atoms with van der Waals surface area (Å²) in [4.78, 5) is 35.8. The number of aliphatic carboxylic acids is 2. The Morgan fingerprint density at radius 2 is 1.65 bits per heavy atom. The normalized spacial score (nSPS) is 11.2. The van der Waals surface area contributed by atoms with Crippen molar-refractivity contribution in [3.05, 3.63) is 23.4 Å². The van der Waals surface area contributed by atoms with Crippen LogP contribution < -0.4 is 5.32 Å². The minimum absolute atomic E-state index is 0.131. The van der Waals surface area contributed by atoms with Gasteiger partial charge >= 0.3 is 11.9 Å². The molecule has 0 aromatic rings. The van der Waals surface area contributed by atoms with Crippen molar-refractivity contribution < 1.29 is 29.4 Å². The number of likely N-dealkylation sites (N-methyl/N-ethyl adjacent to an activating group) is 2. The van der Waals surface area contributed by atoms with Gasteiger partial charge in [-0.3, -0.25) is 9.63 Å². The Balaban J connectivity index is 0. The van der Waals surface area contributed by atoms with Gasteiger partial charge in [-0.25, -0.2) is 14.7 Å². The molecule has 0 aliphatic heterocycles. The van der Waals surface area contributed by atoms with Crippen LogP contribution in [0.1, 0.15) is 33.1 Å². The highest BCUT2D eigenvalue weighted by Gasteiger charge is 2.15. The maximum atomic E-state index is 11.8. The second-order valence-corrected chi connectivity index (χ2v) is 4.50. The summed E-state index contributed by atoms with van der Waals surface area (Å²) < 4.78 is 0. The first kappa shape index (κ1) is 22.9. The fourth-order valence-electron chi connectivity index (χ4n) is 1.45. The number of hydrogen-bond acceptors (Lipinski definition) is 5. The maximum Gasteiger partial charge on any atom is 0.328 e. The second kappa shape index (κ2) is 13.3. The van der Waals surface area contributed by atoms with Crippen molar-refractivity contribution in [2.45, 2.75) is 33.1 Å². The van der Waals surface area contributed by atoms with Crippen LogP contribution in [0.5, 0.6) is 0 Å². The van der Waals surface area contributed by atoms with Crippen molar-refractivity contribution in [2.24, 2.45) is 0 Å². The molecular formula is C15H26N2O6. The Bertz CT molecular complexity index is 441. The predicted octanol–water partition coefficient (Wildman–Crippen LogP) is 1.40. The topological polar surface area (TPSA) is 116 Å². The van der Waals surface area contributed by atoms with E-state index in [0.717, 1.165) is 24.8 Å². The van der Waals surface area contributed by atoms with E-state index in [0.29, 0.717) is 17.8 Å². The molecule has 0 spiro atoms. The molecule has 0 fully saturated rings. The van der Waals surface area contributed by atoms with Crippen LogP contribution in [0.4, 0.5) is 0 Å². The Morgan fingerprint density at radius 3 is 1.96 bits per heavy atom. The summed E-state index contributed by atoms with van der Waals surface area (Å²) in [7, 11) is 4.84. The first-order chi connectivity index (χ1) is 10.7. The molecule has 8 heteroatoms. The van der Waals surface area contributed by atoms with Crippen molar-refractivity contribution in [1.82, 2.24) is 10.4 Å². The van der Waals surface area contributed by atoms with Crippen LogP contribution in [0.25, 0.3) is 0 Å². The zero-order valence-corrected chi connectivity index (χ0v) is 14.3. The van der Waals surface area contributed by atoms with Gasteiger partial charge in [-0.05, 0) is 25.3 Å². The van der Waals surface area contributed by atoms with E-state index in [1.807, 2.05) is 6.92 Å². The fourth-order valence-corrected chi connectivity index (χ4v) is 1.45. The molecule has 0 radical (unpaired) electrons. The van der Waals surface area contributed by atoms with Crippen molar-refractivity contribution in [3.8, 4) is 0 Å². The Morgan fingerprint density at radius 1 is 1.17 bits per heavy atom. The van der Waals surface area contributed by atoms with Crippen molar-refractivity contribution >= 4 is 17.8 Å². The quantitative estimate of drug-likeness (QED) is 0.455. The van der Waals surface area contributed by atoms with E-state index in [2.05, 4.69) is 12.2 Å². The van der Waals surface area contributed by atoms with Gasteiger partial charge in [0.1, 0.15) is 5.70 Å². The van der Waals surface area contributed by atoms with E-state index in [-0.39, 0.29) is 5.91 Å². The minimum atomic E-state index is -1.26. The smallest absolute Gasteiger partial charge is 0.328 e. The van der Waals surface area contributed by atoms with Crippen LogP contribution in [-0.4, -0.2) is 54.3 Å². The molecule has 0 aliphatic rings. The van der Waals surface area contributed by atoms with Gasteiger partial charge in [0.15, 0.2) is 0 Å². The SMILES string of the molecule is CCCCC(C)=C(NC)C(=O)N(C)OC.O=C(O)/C=C\C(=O)O. The van der Waals surface area contributed by atoms with Crippen LogP contribution in [0.15, 0.2) is 23.4 Å². The number of nitrogens with one attached hydrogen (secondary N) is 1. The number of allylic oxidation sites excluding steroid dienone is 1. The monoisotopic (exact) mass is 330 g/mol. The first-order valence-electron chi connectivity index (χ1n) is 7.04. The van der Waals surface area contributed by atoms with Crippen molar-refractivity contribution in [1.29, 1.82) is 0 Å². The molecular weight excluding hydrogens is 304 g/mol. The Kier molecular flexibility index (Phi) is 13.3. The largest absolute Gasteiger partial charge is 0.478 e. The second-order valence-electron chi connectivity index (χ2n) is 4.50. The third-order valence-electron chi connectivity index (χ3n) is 2.72. The van der Waals surface area contributed by atoms with E-state index in [9.17, 15) is 14.4 Å². The first-order valence-corrected chi connectivity index (χ1v) is 7.04. The van der Waals surface area contributed by atoms with Gasteiger partial charge in [0.25, 0.3) is 5.91 Å². The molecule has 1 amide bonds. The molecule has 8 nitrogen and oxygen atoms in total. The molecule has 0 heterocycles. The maximum absolute atomic E-state index is 11.8. The van der Waals surface area contributed by atoms with Crippen molar-refractivity contribution in [3.63, 3.8) is 0 Å². The molecule has 0 aliphatic carbocycles. The molecule has 0 saturated heterocycles. The van der Waals surface area contributed by atoms with Crippen LogP contribution in [-0.2, 0) is 19.2 Å². The number of amides is 1. The van der Waals surface area contributed by atoms with Gasteiger partial charge in [-0.1, -0.05) is 13.3 Å². The number of hydroxylamine groups is 2. The summed E-state index contributed by atoms with van der Waals surface area (Å²) in [5, 5.41) is 19.8. The molecule has 3 N–H and O–H groups in total. The van der Waals surface area contributed by atoms with E-state index in [4.69, 9.17) is 15.1 Å². The number of carbonyl (C=O) groups is 3. The molecule has 0 unspecified atom stereocenters. The zero-order valence-electron chi connectivity index (χ0n) is 14.3. The number of nitrogens with zero attached hydrogens (tertiary/aromatic N) is 1. The molecule has 23 heavy (non-hydrogen) atoms. The van der Waals surface area contributed by atoms with Gasteiger partial charge in [-0.15, -0.1) is 0 Å². The Hall–Kier alpha value is -2.35. The molecule has 0 rings (SSSR count). The average molecular weight is 330 g/mol.